The summed E-state index contributed by atoms with van der Waals surface area (Å²) in [5.41, 5.74) is 1.22. The Kier molecular flexibility index (Phi) is 3.32. The van der Waals surface area contributed by atoms with Crippen molar-refractivity contribution in [3.05, 3.63) is 32.7 Å². The number of hydrogen-bond donors (Lipinski definition) is 1. The van der Waals surface area contributed by atoms with Gasteiger partial charge in [-0.1, -0.05) is 31.9 Å². The standard InChI is InChI=1S/C17H20Br2O/c18-13-1-2-15(19)14(6-13)16(20)17-7-10-3-11(8-17)5-12(4-10)9-17/h1-2,6,10-12,16,20H,3-5,7-9H2. The number of aliphatic hydroxyl groups is 1. The predicted octanol–water partition coefficient (Wildman–Crippen LogP) is 5.46. The molecule has 0 radical (unpaired) electrons. The van der Waals surface area contributed by atoms with Crippen LogP contribution in [0.15, 0.2) is 27.1 Å². The highest BCUT2D eigenvalue weighted by molar-refractivity contribution is 9.11. The van der Waals surface area contributed by atoms with E-state index in [0.717, 1.165) is 32.3 Å². The monoisotopic (exact) mass is 398 g/mol. The smallest absolute Gasteiger partial charge is 0.0857 e. The van der Waals surface area contributed by atoms with Crippen molar-refractivity contribution in [1.82, 2.24) is 0 Å². The van der Waals surface area contributed by atoms with Crippen molar-refractivity contribution in [2.75, 3.05) is 0 Å². The summed E-state index contributed by atoms with van der Waals surface area (Å²) < 4.78 is 2.10. The Morgan fingerprint density at radius 2 is 1.55 bits per heavy atom. The van der Waals surface area contributed by atoms with Crippen LogP contribution in [0.2, 0.25) is 0 Å². The van der Waals surface area contributed by atoms with Crippen LogP contribution in [0.5, 0.6) is 0 Å². The van der Waals surface area contributed by atoms with Crippen LogP contribution in [-0.4, -0.2) is 5.11 Å². The normalized spacial score (nSPS) is 40.0. The molecule has 0 spiro atoms. The van der Waals surface area contributed by atoms with Crippen molar-refractivity contribution in [3.8, 4) is 0 Å². The van der Waals surface area contributed by atoms with Crippen molar-refractivity contribution in [1.29, 1.82) is 0 Å². The molecule has 1 aromatic rings. The first-order chi connectivity index (χ1) is 9.56. The number of halogens is 2. The third-order valence-corrected chi connectivity index (χ3v) is 7.13. The number of rotatable bonds is 2. The SMILES string of the molecule is OC(c1cc(Br)ccc1Br)C12CC3CC(CC(C3)C1)C2. The third kappa shape index (κ3) is 2.12. The molecule has 1 nitrogen and oxygen atoms in total. The summed E-state index contributed by atoms with van der Waals surface area (Å²) in [6, 6.07) is 6.16. The maximum atomic E-state index is 11.1. The van der Waals surface area contributed by atoms with E-state index in [9.17, 15) is 5.11 Å². The molecule has 1 unspecified atom stereocenters. The summed E-state index contributed by atoms with van der Waals surface area (Å²) in [4.78, 5) is 0. The van der Waals surface area contributed by atoms with E-state index >= 15 is 0 Å². The zero-order valence-corrected chi connectivity index (χ0v) is 14.7. The fourth-order valence-corrected chi connectivity index (χ4v) is 6.41. The van der Waals surface area contributed by atoms with Gasteiger partial charge in [-0.25, -0.2) is 0 Å². The Hall–Kier alpha value is 0.140. The van der Waals surface area contributed by atoms with Gasteiger partial charge in [0, 0.05) is 14.4 Å². The van der Waals surface area contributed by atoms with Gasteiger partial charge in [-0.05, 0) is 80.0 Å². The van der Waals surface area contributed by atoms with Gasteiger partial charge in [-0.15, -0.1) is 0 Å². The van der Waals surface area contributed by atoms with Crippen LogP contribution in [-0.2, 0) is 0 Å². The molecule has 3 heteroatoms. The zero-order valence-electron chi connectivity index (χ0n) is 11.5. The van der Waals surface area contributed by atoms with Crippen molar-refractivity contribution in [2.45, 2.75) is 44.6 Å². The lowest BCUT2D eigenvalue weighted by molar-refractivity contribution is -0.122. The van der Waals surface area contributed by atoms with Gasteiger partial charge in [0.25, 0.3) is 0 Å². The van der Waals surface area contributed by atoms with Gasteiger partial charge < -0.3 is 5.11 Å². The first-order valence-electron chi connectivity index (χ1n) is 7.69. The lowest BCUT2D eigenvalue weighted by atomic mass is 9.47. The second-order valence-corrected chi connectivity index (χ2v) is 9.12. The summed E-state index contributed by atoms with van der Waals surface area (Å²) in [5.74, 6) is 2.63. The molecule has 4 fully saturated rings. The van der Waals surface area contributed by atoms with E-state index in [0.29, 0.717) is 0 Å². The topological polar surface area (TPSA) is 20.2 Å². The van der Waals surface area contributed by atoms with Gasteiger partial charge in [0.15, 0.2) is 0 Å². The van der Waals surface area contributed by atoms with Crippen molar-refractivity contribution in [2.24, 2.45) is 23.2 Å². The predicted molar refractivity (Wildman–Crippen MR) is 87.4 cm³/mol. The highest BCUT2D eigenvalue weighted by atomic mass is 79.9. The maximum Gasteiger partial charge on any atom is 0.0857 e. The van der Waals surface area contributed by atoms with E-state index in [1.165, 1.54) is 38.5 Å². The molecule has 4 aliphatic rings. The van der Waals surface area contributed by atoms with E-state index < -0.39 is 0 Å². The Morgan fingerprint density at radius 1 is 1.00 bits per heavy atom. The molecular weight excluding hydrogens is 380 g/mol. The van der Waals surface area contributed by atoms with E-state index in [1.807, 2.05) is 12.1 Å². The molecule has 4 bridgehead atoms. The molecule has 4 aliphatic carbocycles. The first-order valence-corrected chi connectivity index (χ1v) is 9.27. The van der Waals surface area contributed by atoms with E-state index in [1.54, 1.807) is 0 Å². The highest BCUT2D eigenvalue weighted by Crippen LogP contribution is 2.64. The minimum Gasteiger partial charge on any atom is -0.388 e. The summed E-state index contributed by atoms with van der Waals surface area (Å²) >= 11 is 7.17. The van der Waals surface area contributed by atoms with Crippen LogP contribution >= 0.6 is 31.9 Å². The van der Waals surface area contributed by atoms with Gasteiger partial charge in [0.2, 0.25) is 0 Å². The average molecular weight is 400 g/mol. The fourth-order valence-electron chi connectivity index (χ4n) is 5.57. The minimum atomic E-state index is -0.317. The molecule has 1 aromatic carbocycles. The number of benzene rings is 1. The molecule has 0 aliphatic heterocycles. The zero-order chi connectivity index (χ0) is 13.9. The van der Waals surface area contributed by atoms with Crippen LogP contribution in [0, 0.1) is 23.2 Å². The summed E-state index contributed by atoms with van der Waals surface area (Å²) in [5, 5.41) is 11.1. The van der Waals surface area contributed by atoms with Crippen LogP contribution in [0.4, 0.5) is 0 Å². The van der Waals surface area contributed by atoms with Gasteiger partial charge in [-0.2, -0.15) is 0 Å². The van der Waals surface area contributed by atoms with E-state index in [4.69, 9.17) is 0 Å². The minimum absolute atomic E-state index is 0.151. The molecule has 1 N–H and O–H groups in total. The number of hydrogen-bond acceptors (Lipinski definition) is 1. The largest absolute Gasteiger partial charge is 0.388 e. The molecule has 0 aromatic heterocycles. The summed E-state index contributed by atoms with van der Waals surface area (Å²) in [7, 11) is 0. The van der Waals surface area contributed by atoms with Gasteiger partial charge in [0.05, 0.1) is 6.10 Å². The summed E-state index contributed by atoms with van der Waals surface area (Å²) in [6.07, 6.45) is 7.66. The molecule has 5 rings (SSSR count). The Bertz CT molecular complexity index is 505. The van der Waals surface area contributed by atoms with Crippen molar-refractivity contribution in [3.63, 3.8) is 0 Å². The highest BCUT2D eigenvalue weighted by Gasteiger charge is 2.54. The van der Waals surface area contributed by atoms with Crippen molar-refractivity contribution >= 4 is 31.9 Å². The molecule has 0 saturated heterocycles. The first kappa shape index (κ1) is 13.8. The lowest BCUT2D eigenvalue weighted by Gasteiger charge is -2.58. The Balaban J connectivity index is 1.71. The number of aliphatic hydroxyl groups excluding tert-OH is 1. The third-order valence-electron chi connectivity index (χ3n) is 5.92. The van der Waals surface area contributed by atoms with Gasteiger partial charge in [-0.3, -0.25) is 0 Å². The van der Waals surface area contributed by atoms with Gasteiger partial charge in [0.1, 0.15) is 0 Å². The second kappa shape index (κ2) is 4.82. The second-order valence-electron chi connectivity index (χ2n) is 7.35. The molecule has 0 amide bonds. The van der Waals surface area contributed by atoms with Crippen LogP contribution in [0.1, 0.15) is 50.2 Å². The van der Waals surface area contributed by atoms with Gasteiger partial charge >= 0.3 is 0 Å². The van der Waals surface area contributed by atoms with Crippen LogP contribution < -0.4 is 0 Å². The quantitative estimate of drug-likeness (QED) is 0.699. The van der Waals surface area contributed by atoms with Crippen LogP contribution in [0.3, 0.4) is 0 Å². The molecule has 20 heavy (non-hydrogen) atoms. The lowest BCUT2D eigenvalue weighted by Crippen LogP contribution is -2.48. The Labute approximate surface area is 137 Å². The summed E-state index contributed by atoms with van der Waals surface area (Å²) in [6.45, 7) is 0. The fraction of sp³-hybridized carbons (Fsp3) is 0.647. The molecule has 108 valence electrons. The Morgan fingerprint density at radius 3 is 2.10 bits per heavy atom. The maximum absolute atomic E-state index is 11.1. The molecule has 0 heterocycles. The average Bonchev–Trinajstić information content (AvgIpc) is 2.39. The molecule has 1 atom stereocenters. The van der Waals surface area contributed by atoms with Crippen LogP contribution in [0.25, 0.3) is 0 Å². The van der Waals surface area contributed by atoms with E-state index in [-0.39, 0.29) is 11.5 Å². The molecular formula is C17H20Br2O. The van der Waals surface area contributed by atoms with E-state index in [2.05, 4.69) is 37.9 Å². The molecule has 4 saturated carbocycles. The van der Waals surface area contributed by atoms with Crippen molar-refractivity contribution < 1.29 is 5.11 Å².